The van der Waals surface area contributed by atoms with E-state index in [0.29, 0.717) is 10.6 Å². The van der Waals surface area contributed by atoms with Gasteiger partial charge in [-0.3, -0.25) is 4.79 Å². The smallest absolute Gasteiger partial charge is 0.246 e. The molecule has 0 aliphatic rings. The van der Waals surface area contributed by atoms with E-state index in [0.717, 1.165) is 17.5 Å². The lowest BCUT2D eigenvalue weighted by Crippen LogP contribution is -1.91. The van der Waals surface area contributed by atoms with Crippen molar-refractivity contribution in [3.8, 4) is 0 Å². The van der Waals surface area contributed by atoms with Crippen molar-refractivity contribution >= 4 is 39.6 Å². The maximum absolute atomic E-state index is 13.3. The Bertz CT molecular complexity index is 337. The topological polar surface area (TPSA) is 17.1 Å². The zero-order valence-electron chi connectivity index (χ0n) is 8.13. The van der Waals surface area contributed by atoms with E-state index in [1.165, 1.54) is 17.8 Å². The molecule has 0 amide bonds. The molecule has 0 saturated heterocycles. The van der Waals surface area contributed by atoms with E-state index in [1.54, 1.807) is 12.1 Å². The van der Waals surface area contributed by atoms with E-state index in [4.69, 9.17) is 11.6 Å². The number of halogens is 2. The molecule has 0 aromatic heterocycles. The van der Waals surface area contributed by atoms with E-state index in [9.17, 15) is 9.18 Å². The fourth-order valence-electron chi connectivity index (χ4n) is 0.961. The molecule has 0 heterocycles. The lowest BCUT2D eigenvalue weighted by Gasteiger charge is -2.04. The summed E-state index contributed by atoms with van der Waals surface area (Å²) >= 11 is 8.12. The highest BCUT2D eigenvalue weighted by Gasteiger charge is 2.09. The largest absolute Gasteiger partial charge is 0.274 e. The van der Waals surface area contributed by atoms with Gasteiger partial charge in [-0.25, -0.2) is 4.39 Å². The van der Waals surface area contributed by atoms with Crippen LogP contribution < -0.4 is 0 Å². The molecule has 0 saturated carbocycles. The number of benzene rings is 1. The predicted molar refractivity (Wildman–Crippen MR) is 66.2 cm³/mol. The molecule has 15 heavy (non-hydrogen) atoms. The third-order valence-corrected chi connectivity index (χ3v) is 3.91. The first kappa shape index (κ1) is 12.9. The molecule has 0 aliphatic carbocycles. The van der Waals surface area contributed by atoms with Crippen LogP contribution in [-0.2, 0) is 5.75 Å². The quantitative estimate of drug-likeness (QED) is 0.795. The first-order chi connectivity index (χ1) is 7.15. The van der Waals surface area contributed by atoms with Gasteiger partial charge in [-0.2, -0.15) is 0 Å². The Morgan fingerprint density at radius 3 is 2.80 bits per heavy atom. The van der Waals surface area contributed by atoms with Gasteiger partial charge in [0, 0.05) is 16.3 Å². The maximum atomic E-state index is 13.3. The molecule has 0 spiro atoms. The highest BCUT2D eigenvalue weighted by Crippen LogP contribution is 2.27. The van der Waals surface area contributed by atoms with E-state index in [1.807, 2.05) is 6.92 Å². The fourth-order valence-corrected chi connectivity index (χ4v) is 2.92. The van der Waals surface area contributed by atoms with Crippen LogP contribution >= 0.6 is 35.1 Å². The summed E-state index contributed by atoms with van der Waals surface area (Å²) in [5.74, 6) is 0.665. The lowest BCUT2D eigenvalue weighted by atomic mass is 10.2. The molecular formula is C10H10ClFOS2. The predicted octanol–water partition coefficient (Wildman–Crippen LogP) is 4.59. The summed E-state index contributed by atoms with van der Waals surface area (Å²) in [4.78, 5) is 11.2. The fraction of sp³-hybridized carbons (Fsp3) is 0.300. The van der Waals surface area contributed by atoms with Crippen molar-refractivity contribution in [1.82, 2.24) is 0 Å². The van der Waals surface area contributed by atoms with Crippen molar-refractivity contribution in [3.05, 3.63) is 34.6 Å². The van der Waals surface area contributed by atoms with Gasteiger partial charge in [0.1, 0.15) is 5.82 Å². The van der Waals surface area contributed by atoms with E-state index < -0.39 is 0 Å². The molecule has 5 heteroatoms. The van der Waals surface area contributed by atoms with Crippen molar-refractivity contribution in [2.45, 2.75) is 12.7 Å². The van der Waals surface area contributed by atoms with E-state index in [-0.39, 0.29) is 16.0 Å². The Labute approximate surface area is 102 Å². The Morgan fingerprint density at radius 1 is 1.47 bits per heavy atom. The number of carbonyl (C=O) groups excluding carboxylic acids is 1. The summed E-state index contributed by atoms with van der Waals surface area (Å²) < 4.78 is 13.3. The minimum absolute atomic E-state index is 0.00294. The molecule has 1 nitrogen and oxygen atoms in total. The molecule has 82 valence electrons. The van der Waals surface area contributed by atoms with Crippen LogP contribution in [0.25, 0.3) is 0 Å². The summed E-state index contributed by atoms with van der Waals surface area (Å²) in [6.45, 7) is 1.90. The third kappa shape index (κ3) is 4.05. The Balaban J connectivity index is 2.61. The van der Waals surface area contributed by atoms with Crippen molar-refractivity contribution in [3.63, 3.8) is 0 Å². The van der Waals surface area contributed by atoms with Gasteiger partial charge in [-0.1, -0.05) is 48.1 Å². The molecule has 0 N–H and O–H groups in total. The molecule has 0 fully saturated rings. The molecule has 0 atom stereocenters. The Hall–Kier alpha value is -0.190. The maximum Gasteiger partial charge on any atom is 0.246 e. The highest BCUT2D eigenvalue weighted by molar-refractivity contribution is 8.38. The van der Waals surface area contributed by atoms with Gasteiger partial charge >= 0.3 is 0 Å². The van der Waals surface area contributed by atoms with Crippen LogP contribution in [-0.4, -0.2) is 10.2 Å². The standard InChI is InChI=1S/C10H10ClFOS2/c1-2-14-10(13)15-6-7-8(11)4-3-5-9(7)12/h3-5H,2,6H2,1H3. The summed E-state index contributed by atoms with van der Waals surface area (Å²) in [6.07, 6.45) is 0. The van der Waals surface area contributed by atoms with E-state index in [2.05, 4.69) is 0 Å². The zero-order chi connectivity index (χ0) is 11.3. The molecule has 1 aromatic carbocycles. The lowest BCUT2D eigenvalue weighted by molar-refractivity contribution is 0.276. The summed E-state index contributed by atoms with van der Waals surface area (Å²) in [6, 6.07) is 4.52. The van der Waals surface area contributed by atoms with Gasteiger partial charge in [-0.15, -0.1) is 0 Å². The second-order valence-electron chi connectivity index (χ2n) is 2.67. The van der Waals surface area contributed by atoms with Crippen molar-refractivity contribution < 1.29 is 9.18 Å². The van der Waals surface area contributed by atoms with Gasteiger partial charge in [0.15, 0.2) is 0 Å². The average molecular weight is 265 g/mol. The van der Waals surface area contributed by atoms with Crippen LogP contribution in [0, 0.1) is 5.82 Å². The number of carbonyl (C=O) groups is 1. The van der Waals surface area contributed by atoms with Crippen LogP contribution in [0.2, 0.25) is 5.02 Å². The van der Waals surface area contributed by atoms with Gasteiger partial charge in [0.2, 0.25) is 4.45 Å². The van der Waals surface area contributed by atoms with Crippen LogP contribution in [0.5, 0.6) is 0 Å². The van der Waals surface area contributed by atoms with Crippen molar-refractivity contribution in [2.75, 3.05) is 5.75 Å². The molecular weight excluding hydrogens is 255 g/mol. The minimum Gasteiger partial charge on any atom is -0.274 e. The SMILES string of the molecule is CCSC(=O)SCc1c(F)cccc1Cl. The van der Waals surface area contributed by atoms with Gasteiger partial charge in [-0.05, 0) is 17.9 Å². The van der Waals surface area contributed by atoms with Crippen LogP contribution in [0.15, 0.2) is 18.2 Å². The number of rotatable bonds is 3. The van der Waals surface area contributed by atoms with Gasteiger partial charge < -0.3 is 0 Å². The molecule has 1 rings (SSSR count). The minimum atomic E-state index is -0.357. The molecule has 0 unspecified atom stereocenters. The van der Waals surface area contributed by atoms with Crippen molar-refractivity contribution in [1.29, 1.82) is 0 Å². The molecule has 0 bridgehead atoms. The zero-order valence-corrected chi connectivity index (χ0v) is 10.5. The van der Waals surface area contributed by atoms with Gasteiger partial charge in [0.25, 0.3) is 0 Å². The molecule has 0 radical (unpaired) electrons. The second-order valence-corrected chi connectivity index (χ2v) is 5.52. The van der Waals surface area contributed by atoms with E-state index >= 15 is 0 Å². The number of thioether (sulfide) groups is 2. The van der Waals surface area contributed by atoms with Crippen LogP contribution in [0.3, 0.4) is 0 Å². The normalized spacial score (nSPS) is 10.3. The summed E-state index contributed by atoms with van der Waals surface area (Å²) in [5.41, 5.74) is 0.397. The molecule has 1 aromatic rings. The highest BCUT2D eigenvalue weighted by atomic mass is 35.5. The number of hydrogen-bond acceptors (Lipinski definition) is 3. The van der Waals surface area contributed by atoms with Crippen LogP contribution in [0.4, 0.5) is 9.18 Å². The summed E-state index contributed by atoms with van der Waals surface area (Å²) in [7, 11) is 0. The van der Waals surface area contributed by atoms with Crippen molar-refractivity contribution in [2.24, 2.45) is 0 Å². The first-order valence-corrected chi connectivity index (χ1v) is 6.72. The van der Waals surface area contributed by atoms with Crippen LogP contribution in [0.1, 0.15) is 12.5 Å². The number of hydrogen-bond donors (Lipinski definition) is 0. The third-order valence-electron chi connectivity index (χ3n) is 1.66. The average Bonchev–Trinajstić information content (AvgIpc) is 2.17. The monoisotopic (exact) mass is 264 g/mol. The second kappa shape index (κ2) is 6.40. The Morgan fingerprint density at radius 2 is 2.20 bits per heavy atom. The first-order valence-electron chi connectivity index (χ1n) is 4.37. The summed E-state index contributed by atoms with van der Waals surface area (Å²) in [5, 5.41) is 0.372. The Kier molecular flexibility index (Phi) is 5.50. The van der Waals surface area contributed by atoms with Gasteiger partial charge in [0.05, 0.1) is 0 Å². The molecule has 0 aliphatic heterocycles.